The fourth-order valence-electron chi connectivity index (χ4n) is 2.02. The third-order valence-electron chi connectivity index (χ3n) is 3.26. The van der Waals surface area contributed by atoms with Crippen LogP contribution < -0.4 is 5.32 Å². The number of aliphatic hydroxyl groups excluding tert-OH is 1. The van der Waals surface area contributed by atoms with Gasteiger partial charge in [-0.05, 0) is 37.1 Å². The quantitative estimate of drug-likeness (QED) is 0.728. The van der Waals surface area contributed by atoms with Crippen LogP contribution in [-0.4, -0.2) is 42.2 Å². The van der Waals surface area contributed by atoms with E-state index in [9.17, 15) is 4.79 Å². The number of amides is 1. The molecule has 0 fully saturated rings. The van der Waals surface area contributed by atoms with Gasteiger partial charge in [-0.2, -0.15) is 0 Å². The molecule has 0 aliphatic carbocycles. The van der Waals surface area contributed by atoms with Crippen LogP contribution in [-0.2, 0) is 11.2 Å². The molecule has 1 aromatic rings. The summed E-state index contributed by atoms with van der Waals surface area (Å²) in [6.07, 6.45) is 3.12. The summed E-state index contributed by atoms with van der Waals surface area (Å²) in [7, 11) is 0. The topological polar surface area (TPSA) is 52.6 Å². The third kappa shape index (κ3) is 6.17. The van der Waals surface area contributed by atoms with Crippen LogP contribution in [0.15, 0.2) is 24.3 Å². The number of nitrogens with zero attached hydrogens (tertiary/aromatic N) is 1. The first-order chi connectivity index (χ1) is 9.69. The fraction of sp³-hybridized carbons (Fsp3) is 0.562. The van der Waals surface area contributed by atoms with Crippen molar-refractivity contribution in [1.29, 1.82) is 0 Å². The van der Waals surface area contributed by atoms with Crippen molar-refractivity contribution in [1.82, 2.24) is 4.90 Å². The zero-order chi connectivity index (χ0) is 14.8. The van der Waals surface area contributed by atoms with E-state index in [0.717, 1.165) is 31.5 Å². The summed E-state index contributed by atoms with van der Waals surface area (Å²) in [5.41, 5.74) is 2.08. The lowest BCUT2D eigenvalue weighted by molar-refractivity contribution is -0.117. The SMILES string of the molecule is CCCCN(CCO)CC(=O)Nc1ccc(CC)cc1. The molecule has 0 saturated carbocycles. The van der Waals surface area contributed by atoms with Crippen LogP contribution >= 0.6 is 0 Å². The monoisotopic (exact) mass is 278 g/mol. The van der Waals surface area contributed by atoms with Gasteiger partial charge in [-0.3, -0.25) is 9.69 Å². The molecule has 2 N–H and O–H groups in total. The van der Waals surface area contributed by atoms with Crippen molar-refractivity contribution in [2.45, 2.75) is 33.1 Å². The van der Waals surface area contributed by atoms with Crippen LogP contribution in [0, 0.1) is 0 Å². The lowest BCUT2D eigenvalue weighted by atomic mass is 10.1. The number of carbonyl (C=O) groups excluding carboxylic acids is 1. The highest BCUT2D eigenvalue weighted by Gasteiger charge is 2.10. The van der Waals surface area contributed by atoms with E-state index in [0.29, 0.717) is 13.1 Å². The van der Waals surface area contributed by atoms with Gasteiger partial charge in [-0.1, -0.05) is 32.4 Å². The van der Waals surface area contributed by atoms with E-state index in [-0.39, 0.29) is 12.5 Å². The molecule has 0 radical (unpaired) electrons. The number of carbonyl (C=O) groups is 1. The maximum absolute atomic E-state index is 12.0. The van der Waals surface area contributed by atoms with Crippen molar-refractivity contribution < 1.29 is 9.90 Å². The molecule has 1 aromatic carbocycles. The predicted molar refractivity (Wildman–Crippen MR) is 82.9 cm³/mol. The Morgan fingerprint density at radius 2 is 1.90 bits per heavy atom. The Morgan fingerprint density at radius 1 is 1.20 bits per heavy atom. The second-order valence-corrected chi connectivity index (χ2v) is 4.95. The molecule has 112 valence electrons. The van der Waals surface area contributed by atoms with Crippen molar-refractivity contribution in [3.8, 4) is 0 Å². The zero-order valence-corrected chi connectivity index (χ0v) is 12.6. The number of hydrogen-bond donors (Lipinski definition) is 2. The first-order valence-electron chi connectivity index (χ1n) is 7.41. The van der Waals surface area contributed by atoms with Crippen LogP contribution in [0.4, 0.5) is 5.69 Å². The van der Waals surface area contributed by atoms with Crippen LogP contribution in [0.3, 0.4) is 0 Å². The van der Waals surface area contributed by atoms with Gasteiger partial charge in [-0.25, -0.2) is 0 Å². The van der Waals surface area contributed by atoms with Gasteiger partial charge in [0.05, 0.1) is 13.2 Å². The average Bonchev–Trinajstić information content (AvgIpc) is 2.45. The molecule has 0 spiro atoms. The van der Waals surface area contributed by atoms with Crippen molar-refractivity contribution in [3.05, 3.63) is 29.8 Å². The summed E-state index contributed by atoms with van der Waals surface area (Å²) < 4.78 is 0. The summed E-state index contributed by atoms with van der Waals surface area (Å²) in [6.45, 7) is 6.03. The lowest BCUT2D eigenvalue weighted by Gasteiger charge is -2.20. The Bertz CT molecular complexity index is 390. The van der Waals surface area contributed by atoms with Crippen LogP contribution in [0.2, 0.25) is 0 Å². The second kappa shape index (κ2) is 9.50. The zero-order valence-electron chi connectivity index (χ0n) is 12.6. The van der Waals surface area contributed by atoms with Gasteiger partial charge in [-0.15, -0.1) is 0 Å². The van der Waals surface area contributed by atoms with E-state index in [1.807, 2.05) is 29.2 Å². The molecule has 0 aromatic heterocycles. The van der Waals surface area contributed by atoms with E-state index < -0.39 is 0 Å². The second-order valence-electron chi connectivity index (χ2n) is 4.95. The standard InChI is InChI=1S/C16H26N2O2/c1-3-5-10-18(11-12-19)13-16(20)17-15-8-6-14(4-2)7-9-15/h6-9,19H,3-5,10-13H2,1-2H3,(H,17,20). The Balaban J connectivity index is 2.46. The average molecular weight is 278 g/mol. The first kappa shape index (κ1) is 16.7. The van der Waals surface area contributed by atoms with E-state index in [1.165, 1.54) is 5.56 Å². The number of anilines is 1. The molecule has 0 unspecified atom stereocenters. The molecule has 4 nitrogen and oxygen atoms in total. The highest BCUT2D eigenvalue weighted by atomic mass is 16.3. The molecule has 0 heterocycles. The molecule has 0 atom stereocenters. The maximum atomic E-state index is 12.0. The molecule has 0 aliphatic rings. The van der Waals surface area contributed by atoms with Crippen molar-refractivity contribution in [2.24, 2.45) is 0 Å². The van der Waals surface area contributed by atoms with Crippen LogP contribution in [0.1, 0.15) is 32.3 Å². The maximum Gasteiger partial charge on any atom is 0.238 e. The van der Waals surface area contributed by atoms with Gasteiger partial charge in [0.1, 0.15) is 0 Å². The van der Waals surface area contributed by atoms with E-state index >= 15 is 0 Å². The minimum atomic E-state index is -0.0289. The first-order valence-corrected chi connectivity index (χ1v) is 7.41. The van der Waals surface area contributed by atoms with Crippen LogP contribution in [0.5, 0.6) is 0 Å². The molecular formula is C16H26N2O2. The molecule has 20 heavy (non-hydrogen) atoms. The number of nitrogens with one attached hydrogen (secondary N) is 1. The Hall–Kier alpha value is -1.39. The summed E-state index contributed by atoms with van der Waals surface area (Å²) in [5.74, 6) is -0.0289. The Morgan fingerprint density at radius 3 is 2.45 bits per heavy atom. The summed E-state index contributed by atoms with van der Waals surface area (Å²) in [6, 6.07) is 7.91. The fourth-order valence-corrected chi connectivity index (χ4v) is 2.02. The van der Waals surface area contributed by atoms with E-state index in [2.05, 4.69) is 19.2 Å². The lowest BCUT2D eigenvalue weighted by Crippen LogP contribution is -2.35. The highest BCUT2D eigenvalue weighted by Crippen LogP contribution is 2.10. The highest BCUT2D eigenvalue weighted by molar-refractivity contribution is 5.92. The summed E-state index contributed by atoms with van der Waals surface area (Å²) >= 11 is 0. The molecule has 0 bridgehead atoms. The van der Waals surface area contributed by atoms with Crippen molar-refractivity contribution in [2.75, 3.05) is 31.6 Å². The van der Waals surface area contributed by atoms with Gasteiger partial charge >= 0.3 is 0 Å². The third-order valence-corrected chi connectivity index (χ3v) is 3.26. The summed E-state index contributed by atoms with van der Waals surface area (Å²) in [4.78, 5) is 14.0. The number of aryl methyl sites for hydroxylation is 1. The Kier molecular flexibility index (Phi) is 7.92. The minimum absolute atomic E-state index is 0.0289. The van der Waals surface area contributed by atoms with E-state index in [4.69, 9.17) is 5.11 Å². The smallest absolute Gasteiger partial charge is 0.238 e. The number of hydrogen-bond acceptors (Lipinski definition) is 3. The molecular weight excluding hydrogens is 252 g/mol. The molecule has 1 amide bonds. The van der Waals surface area contributed by atoms with Crippen molar-refractivity contribution >= 4 is 11.6 Å². The molecule has 1 rings (SSSR count). The van der Waals surface area contributed by atoms with Gasteiger partial charge < -0.3 is 10.4 Å². The van der Waals surface area contributed by atoms with E-state index in [1.54, 1.807) is 0 Å². The number of rotatable bonds is 9. The van der Waals surface area contributed by atoms with Gasteiger partial charge in [0.2, 0.25) is 5.91 Å². The molecule has 0 saturated heterocycles. The number of unbranched alkanes of at least 4 members (excludes halogenated alkanes) is 1. The Labute approximate surface area is 121 Å². The van der Waals surface area contributed by atoms with Crippen LogP contribution in [0.25, 0.3) is 0 Å². The van der Waals surface area contributed by atoms with Gasteiger partial charge in [0.15, 0.2) is 0 Å². The predicted octanol–water partition coefficient (Wildman–Crippen LogP) is 2.28. The summed E-state index contributed by atoms with van der Waals surface area (Å²) in [5, 5.41) is 11.9. The normalized spacial score (nSPS) is 10.8. The number of aliphatic hydroxyl groups is 1. The largest absolute Gasteiger partial charge is 0.395 e. The molecule has 0 aliphatic heterocycles. The van der Waals surface area contributed by atoms with Crippen molar-refractivity contribution in [3.63, 3.8) is 0 Å². The minimum Gasteiger partial charge on any atom is -0.395 e. The number of benzene rings is 1. The molecule has 4 heteroatoms. The van der Waals surface area contributed by atoms with Gasteiger partial charge in [0, 0.05) is 12.2 Å². The van der Waals surface area contributed by atoms with Gasteiger partial charge in [0.25, 0.3) is 0 Å².